The minimum Gasteiger partial charge on any atom is -0.342 e. The van der Waals surface area contributed by atoms with Gasteiger partial charge >= 0.3 is 0 Å². The Balaban J connectivity index is 2.51. The van der Waals surface area contributed by atoms with Crippen LogP contribution in [0.3, 0.4) is 0 Å². The third-order valence-corrected chi connectivity index (χ3v) is 3.72. The van der Waals surface area contributed by atoms with Crippen molar-refractivity contribution >= 4 is 11.8 Å². The molecule has 0 unspecified atom stereocenters. The first kappa shape index (κ1) is 19.1. The summed E-state index contributed by atoms with van der Waals surface area (Å²) < 4.78 is 13.6. The highest BCUT2D eigenvalue weighted by Gasteiger charge is 2.17. The van der Waals surface area contributed by atoms with Crippen molar-refractivity contribution in [1.29, 1.82) is 0 Å². The number of carbonyl (C=O) groups excluding carboxylic acids is 2. The first-order chi connectivity index (χ1) is 10.9. The number of carbonyl (C=O) groups is 2. The zero-order valence-electron chi connectivity index (χ0n) is 14.4. The number of halogens is 1. The van der Waals surface area contributed by atoms with E-state index in [-0.39, 0.29) is 37.3 Å². The van der Waals surface area contributed by atoms with Crippen LogP contribution < -0.4 is 0 Å². The SMILES string of the molecule is CCN(CC)C(=O)CN(C)CC(=O)N(C)Cc1ccccc1F. The number of rotatable bonds is 8. The predicted molar refractivity (Wildman–Crippen MR) is 88.3 cm³/mol. The lowest BCUT2D eigenvalue weighted by Crippen LogP contribution is -2.42. The van der Waals surface area contributed by atoms with E-state index in [1.54, 1.807) is 42.1 Å². The summed E-state index contributed by atoms with van der Waals surface area (Å²) in [6.45, 7) is 5.69. The average Bonchev–Trinajstić information content (AvgIpc) is 2.50. The van der Waals surface area contributed by atoms with E-state index in [2.05, 4.69) is 0 Å². The summed E-state index contributed by atoms with van der Waals surface area (Å²) in [4.78, 5) is 29.1. The Bertz CT molecular complexity index is 532. The molecule has 23 heavy (non-hydrogen) atoms. The third kappa shape index (κ3) is 5.98. The monoisotopic (exact) mass is 323 g/mol. The second kappa shape index (κ2) is 9.25. The third-order valence-electron chi connectivity index (χ3n) is 3.72. The normalized spacial score (nSPS) is 10.7. The van der Waals surface area contributed by atoms with E-state index < -0.39 is 0 Å². The number of hydrogen-bond acceptors (Lipinski definition) is 3. The predicted octanol–water partition coefficient (Wildman–Crippen LogP) is 1.58. The van der Waals surface area contributed by atoms with E-state index in [4.69, 9.17) is 0 Å². The van der Waals surface area contributed by atoms with Crippen LogP contribution in [0.1, 0.15) is 19.4 Å². The lowest BCUT2D eigenvalue weighted by molar-refractivity contribution is -0.134. The molecule has 0 saturated carbocycles. The molecule has 0 saturated heterocycles. The van der Waals surface area contributed by atoms with Crippen LogP contribution in [-0.4, -0.2) is 66.8 Å². The fraction of sp³-hybridized carbons (Fsp3) is 0.529. The molecule has 0 aromatic heterocycles. The summed E-state index contributed by atoms with van der Waals surface area (Å²) in [5.74, 6) is -0.470. The van der Waals surface area contributed by atoms with E-state index in [0.717, 1.165) is 0 Å². The number of amides is 2. The second-order valence-electron chi connectivity index (χ2n) is 5.58. The molecule has 128 valence electrons. The van der Waals surface area contributed by atoms with Crippen molar-refractivity contribution < 1.29 is 14.0 Å². The molecule has 0 spiro atoms. The van der Waals surface area contributed by atoms with Gasteiger partial charge in [0.15, 0.2) is 0 Å². The quantitative estimate of drug-likeness (QED) is 0.730. The van der Waals surface area contributed by atoms with Crippen LogP contribution in [0.4, 0.5) is 4.39 Å². The van der Waals surface area contributed by atoms with Crippen LogP contribution in [-0.2, 0) is 16.1 Å². The Kier molecular flexibility index (Phi) is 7.68. The number of benzene rings is 1. The van der Waals surface area contributed by atoms with Crippen molar-refractivity contribution in [2.24, 2.45) is 0 Å². The average molecular weight is 323 g/mol. The first-order valence-corrected chi connectivity index (χ1v) is 7.82. The van der Waals surface area contributed by atoms with Gasteiger partial charge in [-0.3, -0.25) is 14.5 Å². The van der Waals surface area contributed by atoms with Gasteiger partial charge in [0, 0.05) is 32.2 Å². The molecular weight excluding hydrogens is 297 g/mol. The fourth-order valence-electron chi connectivity index (χ4n) is 2.29. The Morgan fingerprint density at radius 1 is 1.00 bits per heavy atom. The Morgan fingerprint density at radius 2 is 1.57 bits per heavy atom. The van der Waals surface area contributed by atoms with Gasteiger partial charge in [-0.15, -0.1) is 0 Å². The van der Waals surface area contributed by atoms with Crippen molar-refractivity contribution in [3.05, 3.63) is 35.6 Å². The summed E-state index contributed by atoms with van der Waals surface area (Å²) in [5, 5.41) is 0. The summed E-state index contributed by atoms with van der Waals surface area (Å²) in [7, 11) is 3.37. The van der Waals surface area contributed by atoms with E-state index in [1.165, 1.54) is 11.0 Å². The lowest BCUT2D eigenvalue weighted by atomic mass is 10.2. The molecule has 0 atom stereocenters. The van der Waals surface area contributed by atoms with E-state index in [0.29, 0.717) is 18.7 Å². The minimum absolute atomic E-state index is 0.00190. The highest BCUT2D eigenvalue weighted by molar-refractivity contribution is 5.81. The van der Waals surface area contributed by atoms with Crippen molar-refractivity contribution in [2.45, 2.75) is 20.4 Å². The molecule has 0 aliphatic heterocycles. The molecule has 1 aromatic carbocycles. The van der Waals surface area contributed by atoms with E-state index >= 15 is 0 Å². The molecule has 1 aromatic rings. The molecule has 0 aliphatic rings. The largest absolute Gasteiger partial charge is 0.342 e. The van der Waals surface area contributed by atoms with Gasteiger partial charge in [0.25, 0.3) is 0 Å². The molecule has 6 heteroatoms. The molecule has 0 heterocycles. The van der Waals surface area contributed by atoms with Gasteiger partial charge < -0.3 is 9.80 Å². The summed E-state index contributed by atoms with van der Waals surface area (Å²) in [6.07, 6.45) is 0. The van der Waals surface area contributed by atoms with Crippen LogP contribution in [0.2, 0.25) is 0 Å². The fourth-order valence-corrected chi connectivity index (χ4v) is 2.29. The van der Waals surface area contributed by atoms with Crippen molar-refractivity contribution in [2.75, 3.05) is 40.3 Å². The summed E-state index contributed by atoms with van der Waals surface area (Å²) >= 11 is 0. The smallest absolute Gasteiger partial charge is 0.236 e. The highest BCUT2D eigenvalue weighted by Crippen LogP contribution is 2.09. The molecule has 0 N–H and O–H groups in total. The number of hydrogen-bond donors (Lipinski definition) is 0. The van der Waals surface area contributed by atoms with Crippen LogP contribution >= 0.6 is 0 Å². The second-order valence-corrected chi connectivity index (χ2v) is 5.58. The molecule has 5 nitrogen and oxygen atoms in total. The maximum Gasteiger partial charge on any atom is 0.236 e. The summed E-state index contributed by atoms with van der Waals surface area (Å²) in [6, 6.07) is 6.40. The van der Waals surface area contributed by atoms with Gasteiger partial charge in [0.1, 0.15) is 5.82 Å². The standard InChI is InChI=1S/C17H26FN3O2/c1-5-21(6-2)17(23)13-19(3)12-16(22)20(4)11-14-9-7-8-10-15(14)18/h7-10H,5-6,11-13H2,1-4H3. The van der Waals surface area contributed by atoms with Gasteiger partial charge in [0.05, 0.1) is 13.1 Å². The topological polar surface area (TPSA) is 43.9 Å². The molecule has 0 bridgehead atoms. The minimum atomic E-state index is -0.322. The Labute approximate surface area is 137 Å². The van der Waals surface area contributed by atoms with Crippen molar-refractivity contribution in [1.82, 2.24) is 14.7 Å². The highest BCUT2D eigenvalue weighted by atomic mass is 19.1. The van der Waals surface area contributed by atoms with Crippen LogP contribution in [0.25, 0.3) is 0 Å². The maximum absolute atomic E-state index is 13.6. The van der Waals surface area contributed by atoms with E-state index in [9.17, 15) is 14.0 Å². The van der Waals surface area contributed by atoms with Crippen molar-refractivity contribution in [3.63, 3.8) is 0 Å². The summed E-state index contributed by atoms with van der Waals surface area (Å²) in [5.41, 5.74) is 0.477. The molecule has 0 fully saturated rings. The zero-order valence-corrected chi connectivity index (χ0v) is 14.4. The molecule has 2 amide bonds. The molecule has 1 rings (SSSR count). The van der Waals surface area contributed by atoms with Crippen molar-refractivity contribution in [3.8, 4) is 0 Å². The zero-order chi connectivity index (χ0) is 17.4. The molecular formula is C17H26FN3O2. The lowest BCUT2D eigenvalue weighted by Gasteiger charge is -2.24. The van der Waals surface area contributed by atoms with Crippen LogP contribution in [0.5, 0.6) is 0 Å². The van der Waals surface area contributed by atoms with Gasteiger partial charge in [-0.2, -0.15) is 0 Å². The Morgan fingerprint density at radius 3 is 2.13 bits per heavy atom. The van der Waals surface area contributed by atoms with E-state index in [1.807, 2.05) is 13.8 Å². The molecule has 0 aliphatic carbocycles. The first-order valence-electron chi connectivity index (χ1n) is 7.82. The van der Waals surface area contributed by atoms with Gasteiger partial charge in [-0.1, -0.05) is 18.2 Å². The number of likely N-dealkylation sites (N-methyl/N-ethyl adjacent to an activating group) is 3. The number of nitrogens with zero attached hydrogens (tertiary/aromatic N) is 3. The van der Waals surface area contributed by atoms with Gasteiger partial charge in [-0.05, 0) is 27.0 Å². The van der Waals surface area contributed by atoms with Gasteiger partial charge in [0.2, 0.25) is 11.8 Å². The van der Waals surface area contributed by atoms with Crippen LogP contribution in [0, 0.1) is 5.82 Å². The Hall–Kier alpha value is -1.95. The van der Waals surface area contributed by atoms with Gasteiger partial charge in [-0.25, -0.2) is 4.39 Å². The maximum atomic E-state index is 13.6. The molecule has 0 radical (unpaired) electrons. The van der Waals surface area contributed by atoms with Crippen LogP contribution in [0.15, 0.2) is 24.3 Å².